The normalized spacial score (nSPS) is 29.8. The lowest BCUT2D eigenvalue weighted by atomic mass is 9.79. The van der Waals surface area contributed by atoms with E-state index in [0.717, 1.165) is 25.2 Å². The largest absolute Gasteiger partial charge is 0.380 e. The number of para-hydroxylation sites is 1. The molecule has 0 radical (unpaired) electrons. The van der Waals surface area contributed by atoms with E-state index in [1.54, 1.807) is 0 Å². The van der Waals surface area contributed by atoms with Crippen molar-refractivity contribution in [1.29, 1.82) is 0 Å². The van der Waals surface area contributed by atoms with Gasteiger partial charge >= 0.3 is 0 Å². The van der Waals surface area contributed by atoms with Gasteiger partial charge in [-0.2, -0.15) is 0 Å². The van der Waals surface area contributed by atoms with Crippen molar-refractivity contribution >= 4 is 17.5 Å². The quantitative estimate of drug-likeness (QED) is 0.753. The highest BCUT2D eigenvalue weighted by Crippen LogP contribution is 2.43. The average Bonchev–Trinajstić information content (AvgIpc) is 3.40. The third-order valence-electron chi connectivity index (χ3n) is 6.72. The number of ether oxygens (including phenoxy) is 2. The molecule has 0 unspecified atom stereocenters. The minimum atomic E-state index is -0.499. The highest BCUT2D eigenvalue weighted by molar-refractivity contribution is 5.97. The zero-order valence-electron chi connectivity index (χ0n) is 16.1. The van der Waals surface area contributed by atoms with Gasteiger partial charge in [0.05, 0.1) is 38.4 Å². The van der Waals surface area contributed by atoms with Crippen LogP contribution in [0.15, 0.2) is 24.3 Å². The minimum Gasteiger partial charge on any atom is -0.380 e. The molecular formula is C21H27N3O4. The van der Waals surface area contributed by atoms with Crippen molar-refractivity contribution in [2.45, 2.75) is 6.42 Å². The van der Waals surface area contributed by atoms with Gasteiger partial charge in [-0.05, 0) is 18.1 Å². The topological polar surface area (TPSA) is 62.3 Å². The number of morpholine rings is 1. The van der Waals surface area contributed by atoms with E-state index in [4.69, 9.17) is 9.47 Å². The van der Waals surface area contributed by atoms with Crippen LogP contribution in [0.3, 0.4) is 0 Å². The zero-order valence-corrected chi connectivity index (χ0v) is 16.1. The van der Waals surface area contributed by atoms with Crippen LogP contribution in [0, 0.1) is 11.3 Å². The fourth-order valence-electron chi connectivity index (χ4n) is 5.22. The molecule has 3 fully saturated rings. The molecule has 4 aliphatic rings. The molecule has 28 heavy (non-hydrogen) atoms. The summed E-state index contributed by atoms with van der Waals surface area (Å²) in [6, 6.07) is 8.12. The van der Waals surface area contributed by atoms with Gasteiger partial charge in [0, 0.05) is 44.3 Å². The van der Waals surface area contributed by atoms with E-state index in [-0.39, 0.29) is 17.7 Å². The van der Waals surface area contributed by atoms with Crippen molar-refractivity contribution in [1.82, 2.24) is 9.80 Å². The molecule has 4 aliphatic heterocycles. The summed E-state index contributed by atoms with van der Waals surface area (Å²) in [5.74, 6) is 0.473. The first-order valence-corrected chi connectivity index (χ1v) is 10.2. The molecule has 0 N–H and O–H groups in total. The summed E-state index contributed by atoms with van der Waals surface area (Å²) >= 11 is 0. The Morgan fingerprint density at radius 3 is 2.79 bits per heavy atom. The van der Waals surface area contributed by atoms with Crippen LogP contribution >= 0.6 is 0 Å². The van der Waals surface area contributed by atoms with Gasteiger partial charge < -0.3 is 19.3 Å². The Balaban J connectivity index is 1.28. The van der Waals surface area contributed by atoms with E-state index < -0.39 is 5.41 Å². The van der Waals surface area contributed by atoms with E-state index in [1.165, 1.54) is 5.56 Å². The molecule has 4 heterocycles. The third-order valence-corrected chi connectivity index (χ3v) is 6.72. The molecule has 2 amide bonds. The molecule has 3 saturated heterocycles. The first-order valence-electron chi connectivity index (χ1n) is 10.2. The Morgan fingerprint density at radius 1 is 1.11 bits per heavy atom. The Hall–Kier alpha value is -1.96. The van der Waals surface area contributed by atoms with E-state index in [1.807, 2.05) is 28.0 Å². The molecule has 0 spiro atoms. The van der Waals surface area contributed by atoms with Crippen molar-refractivity contribution in [3.63, 3.8) is 0 Å². The second-order valence-electron chi connectivity index (χ2n) is 8.37. The molecular weight excluding hydrogens is 358 g/mol. The summed E-state index contributed by atoms with van der Waals surface area (Å²) < 4.78 is 11.1. The molecule has 2 atom stereocenters. The van der Waals surface area contributed by atoms with E-state index in [2.05, 4.69) is 11.0 Å². The van der Waals surface area contributed by atoms with Gasteiger partial charge in [0.15, 0.2) is 0 Å². The molecule has 0 bridgehead atoms. The van der Waals surface area contributed by atoms with Gasteiger partial charge in [-0.3, -0.25) is 14.5 Å². The Bertz CT molecular complexity index is 779. The molecule has 0 saturated carbocycles. The monoisotopic (exact) mass is 385 g/mol. The van der Waals surface area contributed by atoms with Crippen LogP contribution in [0.2, 0.25) is 0 Å². The summed E-state index contributed by atoms with van der Waals surface area (Å²) in [7, 11) is 0. The van der Waals surface area contributed by atoms with Crippen molar-refractivity contribution in [2.24, 2.45) is 11.3 Å². The van der Waals surface area contributed by atoms with Gasteiger partial charge in [0.1, 0.15) is 0 Å². The van der Waals surface area contributed by atoms with E-state index in [0.29, 0.717) is 52.6 Å². The van der Waals surface area contributed by atoms with Crippen LogP contribution in [0.4, 0.5) is 5.69 Å². The number of nitrogens with zero attached hydrogens (tertiary/aromatic N) is 3. The highest BCUT2D eigenvalue weighted by Gasteiger charge is 2.57. The lowest BCUT2D eigenvalue weighted by Gasteiger charge is -2.35. The smallest absolute Gasteiger partial charge is 0.241 e. The number of carbonyl (C=O) groups is 2. The number of benzene rings is 1. The Morgan fingerprint density at radius 2 is 1.93 bits per heavy atom. The van der Waals surface area contributed by atoms with Crippen molar-refractivity contribution in [2.75, 3.05) is 70.6 Å². The lowest BCUT2D eigenvalue weighted by Crippen LogP contribution is -2.52. The minimum absolute atomic E-state index is 0.125. The number of hydrogen-bond acceptors (Lipinski definition) is 5. The van der Waals surface area contributed by atoms with E-state index >= 15 is 0 Å². The number of likely N-dealkylation sites (tertiary alicyclic amines) is 1. The average molecular weight is 385 g/mol. The second-order valence-corrected chi connectivity index (χ2v) is 8.37. The number of anilines is 1. The fraction of sp³-hybridized carbons (Fsp3) is 0.619. The Labute approximate surface area is 165 Å². The molecule has 150 valence electrons. The van der Waals surface area contributed by atoms with Crippen LogP contribution in [-0.2, 0) is 25.5 Å². The molecule has 0 aliphatic carbocycles. The number of carbonyl (C=O) groups excluding carboxylic acids is 2. The maximum atomic E-state index is 13.3. The fourth-order valence-corrected chi connectivity index (χ4v) is 5.22. The summed E-state index contributed by atoms with van der Waals surface area (Å²) in [5, 5.41) is 0. The molecule has 1 aromatic carbocycles. The number of amides is 2. The van der Waals surface area contributed by atoms with Gasteiger partial charge in [-0.25, -0.2) is 0 Å². The van der Waals surface area contributed by atoms with Crippen LogP contribution < -0.4 is 4.90 Å². The number of hydrogen-bond donors (Lipinski definition) is 0. The van der Waals surface area contributed by atoms with Crippen LogP contribution in [0.5, 0.6) is 0 Å². The first kappa shape index (κ1) is 18.1. The molecule has 0 aromatic heterocycles. The van der Waals surface area contributed by atoms with Crippen molar-refractivity contribution in [3.05, 3.63) is 29.8 Å². The van der Waals surface area contributed by atoms with Crippen LogP contribution in [-0.4, -0.2) is 87.3 Å². The molecule has 1 aromatic rings. The summed E-state index contributed by atoms with van der Waals surface area (Å²) in [6.45, 7) is 6.03. The van der Waals surface area contributed by atoms with Crippen LogP contribution in [0.25, 0.3) is 0 Å². The van der Waals surface area contributed by atoms with Gasteiger partial charge in [-0.1, -0.05) is 18.2 Å². The Kier molecular flexibility index (Phi) is 4.61. The zero-order chi connectivity index (χ0) is 19.1. The summed E-state index contributed by atoms with van der Waals surface area (Å²) in [5.41, 5.74) is 1.77. The van der Waals surface area contributed by atoms with Crippen LogP contribution in [0.1, 0.15) is 5.56 Å². The number of fused-ring (bicyclic) bond motifs is 2. The first-order chi connectivity index (χ1) is 13.7. The second kappa shape index (κ2) is 7.13. The lowest BCUT2D eigenvalue weighted by molar-refractivity contribution is -0.147. The summed E-state index contributed by atoms with van der Waals surface area (Å²) in [4.78, 5) is 32.3. The van der Waals surface area contributed by atoms with Crippen molar-refractivity contribution < 1.29 is 19.1 Å². The molecule has 7 heteroatoms. The molecule has 5 rings (SSSR count). The third kappa shape index (κ3) is 2.93. The van der Waals surface area contributed by atoms with Gasteiger partial charge in [-0.15, -0.1) is 0 Å². The maximum absolute atomic E-state index is 13.3. The molecule has 7 nitrogen and oxygen atoms in total. The maximum Gasteiger partial charge on any atom is 0.241 e. The highest BCUT2D eigenvalue weighted by atomic mass is 16.5. The van der Waals surface area contributed by atoms with Crippen molar-refractivity contribution in [3.8, 4) is 0 Å². The predicted molar refractivity (Wildman–Crippen MR) is 103 cm³/mol. The summed E-state index contributed by atoms with van der Waals surface area (Å²) in [6.07, 6.45) is 0.915. The number of rotatable bonds is 3. The standard InChI is InChI=1S/C21H27N3O4/c25-19(24-6-5-16-3-1-2-4-18(16)24)12-22-11-17-13-28-15-21(17,14-22)20(26)23-7-9-27-10-8-23/h1-4,17H,5-15H2/t17-,21-/m0/s1. The SMILES string of the molecule is O=C(CN1C[C@H]2COC[C@@]2(C(=O)N2CCOCC2)C1)N1CCc2ccccc21. The van der Waals surface area contributed by atoms with E-state index in [9.17, 15) is 9.59 Å². The predicted octanol–water partition coefficient (Wildman–Crippen LogP) is 0.383. The van der Waals surface area contributed by atoms with Gasteiger partial charge in [0.2, 0.25) is 11.8 Å². The van der Waals surface area contributed by atoms with Gasteiger partial charge in [0.25, 0.3) is 0 Å².